The third-order valence-electron chi connectivity index (χ3n) is 1.28. The Kier molecular flexibility index (Phi) is 2.95. The van der Waals surface area contributed by atoms with Crippen LogP contribution in [-0.2, 0) is 4.79 Å². The Morgan fingerprint density at radius 1 is 1.64 bits per heavy atom. The van der Waals surface area contributed by atoms with Crippen LogP contribution in [-0.4, -0.2) is 27.6 Å². The van der Waals surface area contributed by atoms with Crippen LogP contribution in [0.5, 0.6) is 5.88 Å². The van der Waals surface area contributed by atoms with Crippen LogP contribution in [0.25, 0.3) is 0 Å². The highest BCUT2D eigenvalue weighted by Crippen LogP contribution is 2.12. The van der Waals surface area contributed by atoms with E-state index >= 15 is 0 Å². The highest BCUT2D eigenvalue weighted by molar-refractivity contribution is 5.68. The van der Waals surface area contributed by atoms with Crippen molar-refractivity contribution in [3.63, 3.8) is 0 Å². The molecule has 0 spiro atoms. The van der Waals surface area contributed by atoms with Crippen LogP contribution in [0.2, 0.25) is 0 Å². The zero-order valence-electron chi connectivity index (χ0n) is 6.91. The number of nitro groups is 1. The highest BCUT2D eigenvalue weighted by Gasteiger charge is 2.06. The van der Waals surface area contributed by atoms with Gasteiger partial charge in [0.05, 0.1) is 4.92 Å². The van der Waals surface area contributed by atoms with Gasteiger partial charge in [-0.3, -0.25) is 10.1 Å². The van der Waals surface area contributed by atoms with E-state index in [1.807, 2.05) is 0 Å². The van der Waals surface area contributed by atoms with E-state index in [1.165, 1.54) is 12.1 Å². The van der Waals surface area contributed by atoms with Crippen molar-refractivity contribution in [2.24, 2.45) is 0 Å². The lowest BCUT2D eigenvalue weighted by molar-refractivity contribution is -0.385. The zero-order chi connectivity index (χ0) is 10.6. The first-order valence-electron chi connectivity index (χ1n) is 3.54. The summed E-state index contributed by atoms with van der Waals surface area (Å²) in [4.78, 5) is 23.2. The summed E-state index contributed by atoms with van der Waals surface area (Å²) in [7, 11) is 0. The number of carbonyl (C=O) groups is 1. The molecule has 7 nitrogen and oxygen atoms in total. The third-order valence-corrected chi connectivity index (χ3v) is 1.28. The predicted molar refractivity (Wildman–Crippen MR) is 44.0 cm³/mol. The molecule has 1 N–H and O–H groups in total. The van der Waals surface area contributed by atoms with Crippen LogP contribution in [0.1, 0.15) is 0 Å². The van der Waals surface area contributed by atoms with Crippen LogP contribution in [0.3, 0.4) is 0 Å². The Morgan fingerprint density at radius 2 is 2.36 bits per heavy atom. The Bertz CT molecular complexity index is 348. The average molecular weight is 198 g/mol. The number of rotatable bonds is 4. The van der Waals surface area contributed by atoms with E-state index in [4.69, 9.17) is 5.11 Å². The van der Waals surface area contributed by atoms with Gasteiger partial charge < -0.3 is 9.84 Å². The number of ether oxygens (including phenoxy) is 1. The lowest BCUT2D eigenvalue weighted by atomic mass is 10.4. The molecule has 14 heavy (non-hydrogen) atoms. The molecule has 1 heterocycles. The van der Waals surface area contributed by atoms with Crippen LogP contribution < -0.4 is 4.74 Å². The quantitative estimate of drug-likeness (QED) is 0.556. The molecule has 0 aliphatic heterocycles. The van der Waals surface area contributed by atoms with Gasteiger partial charge in [-0.1, -0.05) is 0 Å². The molecular formula is C7H6N2O5. The molecule has 0 unspecified atom stereocenters. The maximum absolute atomic E-state index is 10.2. The maximum Gasteiger partial charge on any atom is 0.341 e. The molecule has 7 heteroatoms. The molecule has 74 valence electrons. The van der Waals surface area contributed by atoms with Crippen LogP contribution >= 0.6 is 0 Å². The number of carboxylic acid groups (broad SMARTS) is 1. The van der Waals surface area contributed by atoms with E-state index in [9.17, 15) is 14.9 Å². The van der Waals surface area contributed by atoms with Gasteiger partial charge in [0.25, 0.3) is 5.69 Å². The minimum absolute atomic E-state index is 0.0398. The van der Waals surface area contributed by atoms with E-state index in [2.05, 4.69) is 9.72 Å². The van der Waals surface area contributed by atoms with Crippen molar-refractivity contribution >= 4 is 11.7 Å². The number of aliphatic carboxylic acids is 1. The largest absolute Gasteiger partial charge is 0.479 e. The number of carboxylic acids is 1. The summed E-state index contributed by atoms with van der Waals surface area (Å²) in [6.45, 7) is -0.523. The number of hydrogen-bond donors (Lipinski definition) is 1. The second-order valence-electron chi connectivity index (χ2n) is 2.29. The Morgan fingerprint density at radius 3 is 2.79 bits per heavy atom. The summed E-state index contributed by atoms with van der Waals surface area (Å²) in [5, 5.41) is 18.5. The van der Waals surface area contributed by atoms with Crippen LogP contribution in [0.4, 0.5) is 5.69 Å². The average Bonchev–Trinajstić information content (AvgIpc) is 2.15. The smallest absolute Gasteiger partial charge is 0.341 e. The van der Waals surface area contributed by atoms with Gasteiger partial charge in [0, 0.05) is 12.1 Å². The second-order valence-corrected chi connectivity index (χ2v) is 2.29. The molecule has 0 aliphatic carbocycles. The lowest BCUT2D eigenvalue weighted by Crippen LogP contribution is -2.10. The first-order chi connectivity index (χ1) is 6.59. The summed E-state index contributed by atoms with van der Waals surface area (Å²) < 4.78 is 4.67. The number of nitrogens with zero attached hydrogens (tertiary/aromatic N) is 2. The first-order valence-corrected chi connectivity index (χ1v) is 3.54. The van der Waals surface area contributed by atoms with Crippen molar-refractivity contribution in [3.05, 3.63) is 28.4 Å². The fourth-order valence-corrected chi connectivity index (χ4v) is 0.702. The van der Waals surface area contributed by atoms with E-state index in [0.717, 1.165) is 6.20 Å². The van der Waals surface area contributed by atoms with Gasteiger partial charge >= 0.3 is 5.97 Å². The lowest BCUT2D eigenvalue weighted by Gasteiger charge is -1.99. The SMILES string of the molecule is O=C(O)COc1ccc([N+](=O)[O-])cn1. The Hall–Kier alpha value is -2.18. The normalized spacial score (nSPS) is 9.43. The predicted octanol–water partition coefficient (Wildman–Crippen LogP) is 0.453. The minimum Gasteiger partial charge on any atom is -0.479 e. The molecule has 0 saturated carbocycles. The van der Waals surface area contributed by atoms with E-state index in [1.54, 1.807) is 0 Å². The van der Waals surface area contributed by atoms with Crippen molar-refractivity contribution < 1.29 is 19.6 Å². The maximum atomic E-state index is 10.2. The van der Waals surface area contributed by atoms with E-state index in [-0.39, 0.29) is 11.6 Å². The van der Waals surface area contributed by atoms with Crippen molar-refractivity contribution in [1.29, 1.82) is 0 Å². The zero-order valence-corrected chi connectivity index (χ0v) is 6.91. The van der Waals surface area contributed by atoms with E-state index in [0.29, 0.717) is 0 Å². The second kappa shape index (κ2) is 4.17. The van der Waals surface area contributed by atoms with Crippen molar-refractivity contribution in [2.75, 3.05) is 6.61 Å². The monoisotopic (exact) mass is 198 g/mol. The summed E-state index contributed by atoms with van der Waals surface area (Å²) in [6, 6.07) is 2.42. The number of hydrogen-bond acceptors (Lipinski definition) is 5. The molecule has 0 radical (unpaired) electrons. The van der Waals surface area contributed by atoms with Crippen molar-refractivity contribution in [2.45, 2.75) is 0 Å². The van der Waals surface area contributed by atoms with Gasteiger partial charge in [-0.25, -0.2) is 9.78 Å². The van der Waals surface area contributed by atoms with Gasteiger partial charge in [-0.05, 0) is 0 Å². The fourth-order valence-electron chi connectivity index (χ4n) is 0.702. The number of pyridine rings is 1. The molecule has 0 bridgehead atoms. The standard InChI is InChI=1S/C7H6N2O5/c10-7(11)4-14-6-2-1-5(3-8-6)9(12)13/h1-3H,4H2,(H,10,11). The summed E-state index contributed by atoms with van der Waals surface area (Å²) in [6.07, 6.45) is 0.997. The summed E-state index contributed by atoms with van der Waals surface area (Å²) in [5.41, 5.74) is -0.173. The highest BCUT2D eigenvalue weighted by atomic mass is 16.6. The van der Waals surface area contributed by atoms with Gasteiger partial charge in [0.2, 0.25) is 5.88 Å². The topological polar surface area (TPSA) is 103 Å². The van der Waals surface area contributed by atoms with Gasteiger partial charge in [-0.15, -0.1) is 0 Å². The van der Waals surface area contributed by atoms with Gasteiger partial charge in [0.1, 0.15) is 6.20 Å². The van der Waals surface area contributed by atoms with Crippen molar-refractivity contribution in [1.82, 2.24) is 4.98 Å². The van der Waals surface area contributed by atoms with E-state index < -0.39 is 17.5 Å². The van der Waals surface area contributed by atoms with Crippen LogP contribution in [0.15, 0.2) is 18.3 Å². The molecule has 0 amide bonds. The summed E-state index contributed by atoms with van der Waals surface area (Å²) in [5.74, 6) is -1.09. The van der Waals surface area contributed by atoms with Crippen molar-refractivity contribution in [3.8, 4) is 5.88 Å². The van der Waals surface area contributed by atoms with Gasteiger partial charge in [-0.2, -0.15) is 0 Å². The molecule has 0 saturated heterocycles. The summed E-state index contributed by atoms with van der Waals surface area (Å²) >= 11 is 0. The molecule has 0 fully saturated rings. The van der Waals surface area contributed by atoms with Crippen LogP contribution in [0, 0.1) is 10.1 Å². The Balaban J connectivity index is 2.64. The molecule has 0 atom stereocenters. The molecule has 1 aromatic heterocycles. The minimum atomic E-state index is -1.13. The molecule has 1 rings (SSSR count). The fraction of sp³-hybridized carbons (Fsp3) is 0.143. The molecule has 0 aliphatic rings. The van der Waals surface area contributed by atoms with Gasteiger partial charge in [0.15, 0.2) is 6.61 Å². The Labute approximate surface area is 78.1 Å². The number of aromatic nitrogens is 1. The third kappa shape index (κ3) is 2.70. The molecule has 0 aromatic carbocycles. The molecule has 1 aromatic rings. The molecular weight excluding hydrogens is 192 g/mol. The first kappa shape index (κ1) is 9.90.